The number of sulfonamides is 1. The number of aryl methyl sites for hydroxylation is 1. The summed E-state index contributed by atoms with van der Waals surface area (Å²) in [6.07, 6.45) is 3.18. The molecule has 1 fully saturated rings. The minimum atomic E-state index is -3.57. The van der Waals surface area contributed by atoms with Gasteiger partial charge in [-0.1, -0.05) is 0 Å². The summed E-state index contributed by atoms with van der Waals surface area (Å²) in [7, 11) is -1.95. The Hall–Kier alpha value is -1.37. The molecule has 2 rings (SSSR count). The van der Waals surface area contributed by atoms with Crippen LogP contribution in [0.2, 0.25) is 0 Å². The van der Waals surface area contributed by atoms with Gasteiger partial charge < -0.3 is 0 Å². The molecule has 1 heterocycles. The van der Waals surface area contributed by atoms with E-state index in [0.29, 0.717) is 5.56 Å². The van der Waals surface area contributed by atoms with Crippen molar-refractivity contribution in [1.29, 1.82) is 0 Å². The van der Waals surface area contributed by atoms with Gasteiger partial charge in [-0.05, 0) is 33.6 Å². The summed E-state index contributed by atoms with van der Waals surface area (Å²) in [6, 6.07) is 0. The first-order valence-corrected chi connectivity index (χ1v) is 7.70. The van der Waals surface area contributed by atoms with Crippen molar-refractivity contribution in [2.24, 2.45) is 13.0 Å². The number of rotatable bonds is 4. The van der Waals surface area contributed by atoms with E-state index in [1.807, 2.05) is 0 Å². The van der Waals surface area contributed by atoms with Crippen molar-refractivity contribution in [1.82, 2.24) is 9.78 Å². The zero-order valence-corrected chi connectivity index (χ0v) is 12.4. The first kappa shape index (κ1) is 14.0. The van der Waals surface area contributed by atoms with Crippen LogP contribution in [0.15, 0.2) is 6.20 Å². The van der Waals surface area contributed by atoms with E-state index in [9.17, 15) is 13.2 Å². The average molecular weight is 285 g/mol. The number of aromatic nitrogens is 2. The van der Waals surface area contributed by atoms with Crippen molar-refractivity contribution in [2.45, 2.75) is 38.4 Å². The number of carbonyl (C=O) groups is 1. The largest absolute Gasteiger partial charge is 0.294 e. The molecule has 19 heavy (non-hydrogen) atoms. The fourth-order valence-electron chi connectivity index (χ4n) is 1.58. The van der Waals surface area contributed by atoms with Crippen LogP contribution in [0, 0.1) is 5.92 Å². The van der Waals surface area contributed by atoms with E-state index in [1.54, 1.807) is 27.8 Å². The third kappa shape index (κ3) is 2.65. The third-order valence-electron chi connectivity index (χ3n) is 3.19. The average Bonchev–Trinajstić information content (AvgIpc) is 3.04. The maximum atomic E-state index is 12.2. The Morgan fingerprint density at radius 2 is 2.00 bits per heavy atom. The Kier molecular flexibility index (Phi) is 3.20. The van der Waals surface area contributed by atoms with Crippen LogP contribution < -0.4 is 4.72 Å². The molecule has 0 bridgehead atoms. The third-order valence-corrected chi connectivity index (χ3v) is 5.26. The van der Waals surface area contributed by atoms with Crippen molar-refractivity contribution in [3.8, 4) is 0 Å². The van der Waals surface area contributed by atoms with Crippen molar-refractivity contribution in [3.05, 3.63) is 11.8 Å². The lowest BCUT2D eigenvalue weighted by atomic mass is 10.1. The molecule has 7 heteroatoms. The molecule has 1 aromatic heterocycles. The first-order valence-electron chi connectivity index (χ1n) is 6.22. The highest BCUT2D eigenvalue weighted by molar-refractivity contribution is 7.94. The molecule has 0 amide bonds. The molecule has 1 N–H and O–H groups in total. The van der Waals surface area contributed by atoms with Crippen LogP contribution in [0.5, 0.6) is 0 Å². The van der Waals surface area contributed by atoms with Gasteiger partial charge in [0.1, 0.15) is 5.82 Å². The zero-order chi connectivity index (χ0) is 14.4. The van der Waals surface area contributed by atoms with E-state index in [2.05, 4.69) is 9.82 Å². The van der Waals surface area contributed by atoms with E-state index in [4.69, 9.17) is 0 Å². The summed E-state index contributed by atoms with van der Waals surface area (Å²) in [5.74, 6) is 0.258. The second-order valence-corrected chi connectivity index (χ2v) is 8.32. The zero-order valence-electron chi connectivity index (χ0n) is 11.6. The molecule has 0 saturated heterocycles. The van der Waals surface area contributed by atoms with Crippen LogP contribution in [-0.4, -0.2) is 28.7 Å². The van der Waals surface area contributed by atoms with Gasteiger partial charge in [0.2, 0.25) is 10.0 Å². The van der Waals surface area contributed by atoms with Gasteiger partial charge >= 0.3 is 0 Å². The molecule has 0 aliphatic heterocycles. The smallest absolute Gasteiger partial charge is 0.238 e. The molecule has 106 valence electrons. The summed E-state index contributed by atoms with van der Waals surface area (Å²) >= 11 is 0. The number of nitrogens with one attached hydrogen (secondary N) is 1. The highest BCUT2D eigenvalue weighted by Gasteiger charge is 2.35. The lowest BCUT2D eigenvalue weighted by Gasteiger charge is -2.20. The van der Waals surface area contributed by atoms with Crippen LogP contribution in [0.3, 0.4) is 0 Å². The highest BCUT2D eigenvalue weighted by atomic mass is 32.2. The summed E-state index contributed by atoms with van der Waals surface area (Å²) < 4.78 is 27.3. The first-order chi connectivity index (χ1) is 8.63. The molecular weight excluding hydrogens is 266 g/mol. The van der Waals surface area contributed by atoms with Gasteiger partial charge in [-0.15, -0.1) is 0 Å². The van der Waals surface area contributed by atoms with E-state index in [-0.39, 0.29) is 17.5 Å². The lowest BCUT2D eigenvalue weighted by Crippen LogP contribution is -2.34. The van der Waals surface area contributed by atoms with Gasteiger partial charge in [-0.3, -0.25) is 14.2 Å². The van der Waals surface area contributed by atoms with E-state index >= 15 is 0 Å². The van der Waals surface area contributed by atoms with E-state index < -0.39 is 14.8 Å². The molecule has 6 nitrogen and oxygen atoms in total. The Morgan fingerprint density at radius 3 is 2.47 bits per heavy atom. The fraction of sp³-hybridized carbons (Fsp3) is 0.667. The quantitative estimate of drug-likeness (QED) is 0.851. The molecular formula is C12H19N3O3S. The normalized spacial score (nSPS) is 16.4. The highest BCUT2D eigenvalue weighted by Crippen LogP contribution is 2.35. The SMILES string of the molecule is Cn1ncc(C(=O)C2CC2)c1NS(=O)(=O)C(C)(C)C. The summed E-state index contributed by atoms with van der Waals surface area (Å²) in [5.41, 5.74) is 0.359. The van der Waals surface area contributed by atoms with Crippen LogP contribution in [0.4, 0.5) is 5.82 Å². The number of Topliss-reactive ketones (excluding diaryl/α,β-unsaturated/α-hetero) is 1. The maximum Gasteiger partial charge on any atom is 0.238 e. The summed E-state index contributed by atoms with van der Waals surface area (Å²) in [5, 5.41) is 3.98. The van der Waals surface area contributed by atoms with Crippen molar-refractivity contribution < 1.29 is 13.2 Å². The molecule has 0 radical (unpaired) electrons. The Labute approximate surface area is 113 Å². The maximum absolute atomic E-state index is 12.2. The van der Waals surface area contributed by atoms with Crippen molar-refractivity contribution >= 4 is 21.6 Å². The van der Waals surface area contributed by atoms with E-state index in [0.717, 1.165) is 12.8 Å². The van der Waals surface area contributed by atoms with Crippen LogP contribution in [0.1, 0.15) is 44.0 Å². The molecule has 0 aromatic carbocycles. The Bertz CT molecular complexity index is 607. The molecule has 0 spiro atoms. The lowest BCUT2D eigenvalue weighted by molar-refractivity contribution is 0.0968. The molecule has 1 aromatic rings. The molecule has 0 unspecified atom stereocenters. The van der Waals surface area contributed by atoms with Crippen LogP contribution in [-0.2, 0) is 17.1 Å². The van der Waals surface area contributed by atoms with Crippen molar-refractivity contribution in [2.75, 3.05) is 4.72 Å². The topological polar surface area (TPSA) is 81.1 Å². The van der Waals surface area contributed by atoms with Gasteiger partial charge in [-0.25, -0.2) is 8.42 Å². The number of hydrogen-bond donors (Lipinski definition) is 1. The van der Waals surface area contributed by atoms with Gasteiger partial charge in [0.15, 0.2) is 5.78 Å². The fourth-order valence-corrected chi connectivity index (χ4v) is 2.39. The second kappa shape index (κ2) is 4.33. The van der Waals surface area contributed by atoms with E-state index in [1.165, 1.54) is 10.9 Å². The number of nitrogens with zero attached hydrogens (tertiary/aromatic N) is 2. The van der Waals surface area contributed by atoms with Gasteiger partial charge in [0.25, 0.3) is 0 Å². The Morgan fingerprint density at radius 1 is 1.42 bits per heavy atom. The van der Waals surface area contributed by atoms with Crippen LogP contribution >= 0.6 is 0 Å². The minimum absolute atomic E-state index is 0.0280. The minimum Gasteiger partial charge on any atom is -0.294 e. The predicted octanol–water partition coefficient (Wildman–Crippen LogP) is 1.55. The second-order valence-electron chi connectivity index (χ2n) is 5.89. The summed E-state index contributed by atoms with van der Waals surface area (Å²) in [4.78, 5) is 12.1. The van der Waals surface area contributed by atoms with Gasteiger partial charge in [-0.2, -0.15) is 5.10 Å². The van der Waals surface area contributed by atoms with Crippen LogP contribution in [0.25, 0.3) is 0 Å². The number of hydrogen-bond acceptors (Lipinski definition) is 4. The van der Waals surface area contributed by atoms with Gasteiger partial charge in [0, 0.05) is 13.0 Å². The molecule has 0 atom stereocenters. The summed E-state index contributed by atoms with van der Waals surface area (Å²) in [6.45, 7) is 4.82. The number of carbonyl (C=O) groups excluding carboxylic acids is 1. The van der Waals surface area contributed by atoms with Crippen molar-refractivity contribution in [3.63, 3.8) is 0 Å². The monoisotopic (exact) mass is 285 g/mol. The number of anilines is 1. The van der Waals surface area contributed by atoms with Gasteiger partial charge in [0.05, 0.1) is 16.5 Å². The molecule has 1 saturated carbocycles. The Balaban J connectivity index is 2.35. The molecule has 1 aliphatic rings. The standard InChI is InChI=1S/C12H19N3O3S/c1-12(2,3)19(17,18)14-11-9(7-13-15(11)4)10(16)8-5-6-8/h7-8,14H,5-6H2,1-4H3. The predicted molar refractivity (Wildman–Crippen MR) is 72.6 cm³/mol. The number of ketones is 1. The molecule has 1 aliphatic carbocycles.